The summed E-state index contributed by atoms with van der Waals surface area (Å²) in [7, 11) is 1.91. The van der Waals surface area contributed by atoms with Gasteiger partial charge in [-0.2, -0.15) is 0 Å². The first-order valence-electron chi connectivity index (χ1n) is 9.78. The lowest BCUT2D eigenvalue weighted by atomic mass is 9.82. The van der Waals surface area contributed by atoms with Crippen LogP contribution in [0.2, 0.25) is 0 Å². The van der Waals surface area contributed by atoms with E-state index in [1.807, 2.05) is 31.0 Å². The van der Waals surface area contributed by atoms with E-state index >= 15 is 0 Å². The van der Waals surface area contributed by atoms with Gasteiger partial charge < -0.3 is 10.2 Å². The summed E-state index contributed by atoms with van der Waals surface area (Å²) in [5.74, 6) is 0.228. The minimum Gasteiger partial charge on any atom is -0.379 e. The van der Waals surface area contributed by atoms with Crippen molar-refractivity contribution in [3.63, 3.8) is 0 Å². The standard InChI is InChI=1S/C22H28N4O/c1-17-6-5-8-19(23-17)16-26-12-10-22(11-13-26)14-21(27)25(2)15-18-7-3-4-9-20(18)24-22/h3-9,24H,10-16H2,1-2H3. The van der Waals surface area contributed by atoms with E-state index in [4.69, 9.17) is 0 Å². The van der Waals surface area contributed by atoms with Gasteiger partial charge in [0.2, 0.25) is 5.91 Å². The number of fused-ring (bicyclic) bond motifs is 1. The second kappa shape index (κ2) is 7.31. The average molecular weight is 364 g/mol. The van der Waals surface area contributed by atoms with E-state index in [1.165, 1.54) is 11.3 Å². The SMILES string of the molecule is Cc1cccc(CN2CCC3(CC2)CC(=O)N(C)Cc2ccccc2N3)n1. The molecule has 1 saturated heterocycles. The number of carbonyl (C=O) groups is 1. The zero-order chi connectivity index (χ0) is 18.9. The molecule has 1 N–H and O–H groups in total. The van der Waals surface area contributed by atoms with E-state index in [-0.39, 0.29) is 11.4 Å². The average Bonchev–Trinajstić information content (AvgIpc) is 2.64. The zero-order valence-corrected chi connectivity index (χ0v) is 16.2. The van der Waals surface area contributed by atoms with E-state index < -0.39 is 0 Å². The molecule has 1 fully saturated rings. The predicted molar refractivity (Wildman–Crippen MR) is 107 cm³/mol. The number of hydrogen-bond donors (Lipinski definition) is 1. The molecular formula is C22H28N4O. The van der Waals surface area contributed by atoms with Crippen molar-refractivity contribution in [3.8, 4) is 0 Å². The number of piperidine rings is 1. The summed E-state index contributed by atoms with van der Waals surface area (Å²) in [5.41, 5.74) is 4.40. The van der Waals surface area contributed by atoms with Gasteiger partial charge in [0.15, 0.2) is 0 Å². The maximum absolute atomic E-state index is 12.7. The van der Waals surface area contributed by atoms with Gasteiger partial charge in [-0.15, -0.1) is 0 Å². The molecule has 5 heteroatoms. The van der Waals surface area contributed by atoms with Crippen LogP contribution in [0.3, 0.4) is 0 Å². The van der Waals surface area contributed by atoms with Gasteiger partial charge in [-0.05, 0) is 43.5 Å². The molecular weight excluding hydrogens is 336 g/mol. The number of para-hydroxylation sites is 1. The first-order chi connectivity index (χ1) is 13.0. The fourth-order valence-corrected chi connectivity index (χ4v) is 4.24. The Morgan fingerprint density at radius 2 is 1.89 bits per heavy atom. The van der Waals surface area contributed by atoms with Gasteiger partial charge in [0.25, 0.3) is 0 Å². The number of pyridine rings is 1. The van der Waals surface area contributed by atoms with E-state index in [9.17, 15) is 4.79 Å². The molecule has 3 heterocycles. The summed E-state index contributed by atoms with van der Waals surface area (Å²) >= 11 is 0. The maximum atomic E-state index is 12.7. The number of aromatic nitrogens is 1. The highest BCUT2D eigenvalue weighted by atomic mass is 16.2. The topological polar surface area (TPSA) is 48.5 Å². The van der Waals surface area contributed by atoms with Crippen LogP contribution in [0, 0.1) is 6.92 Å². The van der Waals surface area contributed by atoms with Gasteiger partial charge in [0.05, 0.1) is 5.69 Å². The third kappa shape index (κ3) is 3.98. The first-order valence-corrected chi connectivity index (χ1v) is 9.78. The van der Waals surface area contributed by atoms with Gasteiger partial charge in [-0.3, -0.25) is 14.7 Å². The molecule has 0 radical (unpaired) electrons. The van der Waals surface area contributed by atoms with Gasteiger partial charge >= 0.3 is 0 Å². The van der Waals surface area contributed by atoms with Gasteiger partial charge in [-0.25, -0.2) is 0 Å². The number of carbonyl (C=O) groups excluding carboxylic acids is 1. The molecule has 0 saturated carbocycles. The van der Waals surface area contributed by atoms with Crippen LogP contribution in [-0.2, 0) is 17.9 Å². The number of anilines is 1. The molecule has 1 amide bonds. The fraction of sp³-hybridized carbons (Fsp3) is 0.455. The molecule has 0 aliphatic carbocycles. The van der Waals surface area contributed by atoms with Crippen molar-refractivity contribution in [2.75, 3.05) is 25.5 Å². The summed E-state index contributed by atoms with van der Waals surface area (Å²) in [6.07, 6.45) is 2.49. The first kappa shape index (κ1) is 18.0. The van der Waals surface area contributed by atoms with Crippen LogP contribution < -0.4 is 5.32 Å². The van der Waals surface area contributed by atoms with Crippen molar-refractivity contribution in [2.24, 2.45) is 0 Å². The van der Waals surface area contributed by atoms with Gasteiger partial charge in [0, 0.05) is 56.6 Å². The van der Waals surface area contributed by atoms with Crippen molar-refractivity contribution in [1.29, 1.82) is 0 Å². The summed E-state index contributed by atoms with van der Waals surface area (Å²) in [6.45, 7) is 5.53. The monoisotopic (exact) mass is 364 g/mol. The summed E-state index contributed by atoms with van der Waals surface area (Å²) in [4.78, 5) is 21.7. The van der Waals surface area contributed by atoms with Crippen molar-refractivity contribution < 1.29 is 4.79 Å². The maximum Gasteiger partial charge on any atom is 0.224 e. The number of likely N-dealkylation sites (tertiary alicyclic amines) is 1. The second-order valence-electron chi connectivity index (χ2n) is 8.04. The lowest BCUT2D eigenvalue weighted by molar-refractivity contribution is -0.132. The predicted octanol–water partition coefficient (Wildman–Crippen LogP) is 3.20. The lowest BCUT2D eigenvalue weighted by Crippen LogP contribution is -2.52. The molecule has 27 heavy (non-hydrogen) atoms. The van der Waals surface area contributed by atoms with Crippen LogP contribution in [-0.4, -0.2) is 46.4 Å². The highest BCUT2D eigenvalue weighted by Gasteiger charge is 2.38. The molecule has 2 aliphatic heterocycles. The van der Waals surface area contributed by atoms with Crippen molar-refractivity contribution in [3.05, 3.63) is 59.4 Å². The Kier molecular flexibility index (Phi) is 4.87. The Labute approximate surface area is 161 Å². The normalized spacial score (nSPS) is 19.9. The summed E-state index contributed by atoms with van der Waals surface area (Å²) in [5, 5.41) is 3.77. The molecule has 142 valence electrons. The Bertz CT molecular complexity index is 827. The summed E-state index contributed by atoms with van der Waals surface area (Å²) < 4.78 is 0. The zero-order valence-electron chi connectivity index (χ0n) is 16.2. The number of nitrogens with zero attached hydrogens (tertiary/aromatic N) is 3. The van der Waals surface area contributed by atoms with Gasteiger partial charge in [0.1, 0.15) is 0 Å². The Morgan fingerprint density at radius 1 is 1.11 bits per heavy atom. The third-order valence-corrected chi connectivity index (χ3v) is 5.88. The Morgan fingerprint density at radius 3 is 2.67 bits per heavy atom. The molecule has 5 nitrogen and oxygen atoms in total. The minimum atomic E-state index is -0.154. The molecule has 0 atom stereocenters. The van der Waals surface area contributed by atoms with Crippen molar-refractivity contribution in [1.82, 2.24) is 14.8 Å². The highest BCUT2D eigenvalue weighted by molar-refractivity contribution is 5.79. The largest absolute Gasteiger partial charge is 0.379 e. The van der Waals surface area contributed by atoms with Crippen LogP contribution in [0.25, 0.3) is 0 Å². The molecule has 2 aliphatic rings. The Hall–Kier alpha value is -2.40. The minimum absolute atomic E-state index is 0.154. The number of nitrogens with one attached hydrogen (secondary N) is 1. The molecule has 2 aromatic rings. The number of amides is 1. The second-order valence-corrected chi connectivity index (χ2v) is 8.04. The van der Waals surface area contributed by atoms with E-state index in [1.54, 1.807) is 0 Å². The van der Waals surface area contributed by atoms with Crippen LogP contribution in [0.1, 0.15) is 36.2 Å². The lowest BCUT2D eigenvalue weighted by Gasteiger charge is -2.44. The van der Waals surface area contributed by atoms with Crippen molar-refractivity contribution >= 4 is 11.6 Å². The molecule has 4 rings (SSSR count). The molecule has 1 aromatic carbocycles. The van der Waals surface area contributed by atoms with Crippen LogP contribution >= 0.6 is 0 Å². The van der Waals surface area contributed by atoms with Crippen molar-refractivity contribution in [2.45, 2.75) is 44.8 Å². The van der Waals surface area contributed by atoms with Crippen LogP contribution in [0.15, 0.2) is 42.5 Å². The molecule has 1 spiro atoms. The quantitative estimate of drug-likeness (QED) is 0.889. The number of rotatable bonds is 2. The van der Waals surface area contributed by atoms with E-state index in [0.717, 1.165) is 43.9 Å². The van der Waals surface area contributed by atoms with Gasteiger partial charge in [-0.1, -0.05) is 24.3 Å². The molecule has 0 unspecified atom stereocenters. The summed E-state index contributed by atoms with van der Waals surface area (Å²) in [6, 6.07) is 14.6. The third-order valence-electron chi connectivity index (χ3n) is 5.88. The molecule has 0 bridgehead atoms. The number of aryl methyl sites for hydroxylation is 1. The van der Waals surface area contributed by atoms with Crippen LogP contribution in [0.4, 0.5) is 5.69 Å². The fourth-order valence-electron chi connectivity index (χ4n) is 4.24. The number of hydrogen-bond acceptors (Lipinski definition) is 4. The van der Waals surface area contributed by atoms with E-state index in [0.29, 0.717) is 13.0 Å². The van der Waals surface area contributed by atoms with E-state index in [2.05, 4.69) is 45.5 Å². The molecule has 1 aromatic heterocycles. The van der Waals surface area contributed by atoms with Crippen LogP contribution in [0.5, 0.6) is 0 Å². The number of benzene rings is 1. The Balaban J connectivity index is 1.50. The smallest absolute Gasteiger partial charge is 0.224 e. The highest BCUT2D eigenvalue weighted by Crippen LogP contribution is 2.34.